The second-order valence-electron chi connectivity index (χ2n) is 7.06. The first-order valence-electron chi connectivity index (χ1n) is 9.09. The van der Waals surface area contributed by atoms with Crippen molar-refractivity contribution < 1.29 is 18.0 Å². The topological polar surface area (TPSA) is 51.0 Å². The third-order valence-corrected chi connectivity index (χ3v) is 5.36. The summed E-state index contributed by atoms with van der Waals surface area (Å²) in [7, 11) is 1.80. The number of carbonyl (C=O) groups is 1. The zero-order valence-corrected chi connectivity index (χ0v) is 15.3. The van der Waals surface area contributed by atoms with Crippen molar-refractivity contribution in [1.82, 2.24) is 19.7 Å². The van der Waals surface area contributed by atoms with Crippen LogP contribution in [-0.4, -0.2) is 38.7 Å². The first-order chi connectivity index (χ1) is 13.4. The molecule has 1 fully saturated rings. The Morgan fingerprint density at radius 2 is 2.04 bits per heavy atom. The molecule has 28 heavy (non-hydrogen) atoms. The molecule has 1 aromatic carbocycles. The van der Waals surface area contributed by atoms with Crippen LogP contribution in [-0.2, 0) is 11.3 Å². The van der Waals surface area contributed by atoms with Crippen molar-refractivity contribution in [2.45, 2.75) is 38.3 Å². The minimum Gasteiger partial charge on any atom is -0.341 e. The molecule has 146 valence electrons. The Morgan fingerprint density at radius 1 is 1.25 bits per heavy atom. The maximum atomic E-state index is 13.6. The van der Waals surface area contributed by atoms with E-state index in [-0.39, 0.29) is 18.5 Å². The Morgan fingerprint density at radius 3 is 2.71 bits per heavy atom. The average Bonchev–Trinajstić information content (AvgIpc) is 3.02. The lowest BCUT2D eigenvalue weighted by molar-refractivity contribution is -0.134. The molecular weight excluding hydrogens is 369 g/mol. The number of amides is 1. The molecule has 0 bridgehead atoms. The number of benzene rings is 1. The Bertz CT molecular complexity index is 1030. The Hall–Kier alpha value is -2.90. The van der Waals surface area contributed by atoms with Gasteiger partial charge in [0.1, 0.15) is 17.9 Å². The molecule has 4 rings (SSSR count). The van der Waals surface area contributed by atoms with Crippen molar-refractivity contribution in [3.63, 3.8) is 0 Å². The van der Waals surface area contributed by atoms with E-state index in [0.717, 1.165) is 31.4 Å². The zero-order chi connectivity index (χ0) is 19.8. The third-order valence-electron chi connectivity index (χ3n) is 5.36. The van der Waals surface area contributed by atoms with E-state index in [4.69, 9.17) is 0 Å². The van der Waals surface area contributed by atoms with Crippen molar-refractivity contribution in [3.8, 4) is 11.1 Å². The van der Waals surface area contributed by atoms with Crippen molar-refractivity contribution in [2.24, 2.45) is 0 Å². The molecule has 0 aliphatic heterocycles. The second kappa shape index (κ2) is 7.26. The fourth-order valence-corrected chi connectivity index (χ4v) is 3.35. The molecule has 1 saturated carbocycles. The standard InChI is InChI=1S/C20H19F3N4O/c1-26(14-3-2-4-14)19(28)11-27-18-8-13(9-24-17(18)10-25-27)12-5-6-16(21)15(7-12)20(22)23/h5-10,14,20H,2-4,11H2,1H3. The van der Waals surface area contributed by atoms with E-state index in [1.165, 1.54) is 12.3 Å². The van der Waals surface area contributed by atoms with Crippen LogP contribution in [0.25, 0.3) is 22.2 Å². The number of halogens is 3. The van der Waals surface area contributed by atoms with Gasteiger partial charge in [-0.05, 0) is 43.0 Å². The Labute approximate surface area is 159 Å². The fourth-order valence-electron chi connectivity index (χ4n) is 3.35. The maximum absolute atomic E-state index is 13.6. The molecule has 0 spiro atoms. The van der Waals surface area contributed by atoms with Gasteiger partial charge in [-0.25, -0.2) is 13.2 Å². The highest BCUT2D eigenvalue weighted by Crippen LogP contribution is 2.29. The third kappa shape index (κ3) is 3.34. The molecule has 1 aliphatic rings. The van der Waals surface area contributed by atoms with E-state index < -0.39 is 17.8 Å². The van der Waals surface area contributed by atoms with Gasteiger partial charge in [-0.15, -0.1) is 0 Å². The summed E-state index contributed by atoms with van der Waals surface area (Å²) >= 11 is 0. The number of carbonyl (C=O) groups excluding carboxylic acids is 1. The normalized spacial score (nSPS) is 14.5. The summed E-state index contributed by atoms with van der Waals surface area (Å²) in [6.45, 7) is 0.0767. The van der Waals surface area contributed by atoms with Gasteiger partial charge in [0.15, 0.2) is 0 Å². The predicted octanol–water partition coefficient (Wildman–Crippen LogP) is 4.19. The fraction of sp³-hybridized carbons (Fsp3) is 0.350. The molecule has 0 saturated heterocycles. The second-order valence-corrected chi connectivity index (χ2v) is 7.06. The number of hydrogen-bond acceptors (Lipinski definition) is 3. The van der Waals surface area contributed by atoms with Crippen molar-refractivity contribution in [3.05, 3.63) is 48.0 Å². The minimum absolute atomic E-state index is 0.0399. The number of hydrogen-bond donors (Lipinski definition) is 0. The smallest absolute Gasteiger partial charge is 0.266 e. The van der Waals surface area contributed by atoms with Gasteiger partial charge in [-0.3, -0.25) is 14.5 Å². The van der Waals surface area contributed by atoms with Gasteiger partial charge in [-0.2, -0.15) is 5.10 Å². The van der Waals surface area contributed by atoms with E-state index in [1.54, 1.807) is 28.9 Å². The number of pyridine rings is 1. The first-order valence-corrected chi connectivity index (χ1v) is 9.09. The van der Waals surface area contributed by atoms with Crippen molar-refractivity contribution in [1.29, 1.82) is 0 Å². The van der Waals surface area contributed by atoms with Crippen LogP contribution < -0.4 is 0 Å². The van der Waals surface area contributed by atoms with Gasteiger partial charge in [-0.1, -0.05) is 6.07 Å². The van der Waals surface area contributed by atoms with E-state index in [1.807, 2.05) is 0 Å². The monoisotopic (exact) mass is 388 g/mol. The highest BCUT2D eigenvalue weighted by Gasteiger charge is 2.26. The lowest BCUT2D eigenvalue weighted by Gasteiger charge is -2.34. The lowest BCUT2D eigenvalue weighted by Crippen LogP contribution is -2.42. The summed E-state index contributed by atoms with van der Waals surface area (Å²) in [5.74, 6) is -0.982. The molecule has 1 aliphatic carbocycles. The quantitative estimate of drug-likeness (QED) is 0.659. The number of aromatic nitrogens is 3. The van der Waals surface area contributed by atoms with E-state index in [2.05, 4.69) is 10.1 Å². The number of fused-ring (bicyclic) bond motifs is 1. The summed E-state index contributed by atoms with van der Waals surface area (Å²) in [6, 6.07) is 5.60. The van der Waals surface area contributed by atoms with Crippen LogP contribution >= 0.6 is 0 Å². The molecule has 5 nitrogen and oxygen atoms in total. The van der Waals surface area contributed by atoms with Crippen molar-refractivity contribution in [2.75, 3.05) is 7.05 Å². The maximum Gasteiger partial charge on any atom is 0.266 e. The SMILES string of the molecule is CN(C(=O)Cn1ncc2ncc(-c3ccc(F)c(C(F)F)c3)cc21)C1CCC1. The lowest BCUT2D eigenvalue weighted by atomic mass is 9.92. The van der Waals surface area contributed by atoms with Crippen molar-refractivity contribution >= 4 is 16.9 Å². The molecule has 1 amide bonds. The molecule has 3 aromatic rings. The summed E-state index contributed by atoms with van der Waals surface area (Å²) in [6.07, 6.45) is 3.36. The molecule has 8 heteroatoms. The largest absolute Gasteiger partial charge is 0.341 e. The minimum atomic E-state index is -2.90. The van der Waals surface area contributed by atoms with Crippen LogP contribution in [0.1, 0.15) is 31.3 Å². The predicted molar refractivity (Wildman–Crippen MR) is 98.3 cm³/mol. The zero-order valence-electron chi connectivity index (χ0n) is 15.3. The van der Waals surface area contributed by atoms with Gasteiger partial charge in [0.05, 0.1) is 17.3 Å². The molecule has 2 heterocycles. The number of alkyl halides is 2. The number of nitrogens with zero attached hydrogens (tertiary/aromatic N) is 4. The highest BCUT2D eigenvalue weighted by molar-refractivity contribution is 5.83. The summed E-state index contributed by atoms with van der Waals surface area (Å²) in [5.41, 5.74) is 1.55. The highest BCUT2D eigenvalue weighted by atomic mass is 19.3. The molecule has 0 N–H and O–H groups in total. The first kappa shape index (κ1) is 18.5. The van der Waals surface area contributed by atoms with Crippen LogP contribution in [0, 0.1) is 5.82 Å². The summed E-state index contributed by atoms with van der Waals surface area (Å²) in [5, 5.41) is 4.24. The number of rotatable bonds is 5. The molecule has 0 unspecified atom stereocenters. The van der Waals surface area contributed by atoms with Crippen LogP contribution in [0.2, 0.25) is 0 Å². The summed E-state index contributed by atoms with van der Waals surface area (Å²) < 4.78 is 41.1. The van der Waals surface area contributed by atoms with E-state index in [0.29, 0.717) is 22.2 Å². The summed E-state index contributed by atoms with van der Waals surface area (Å²) in [4.78, 5) is 18.6. The van der Waals surface area contributed by atoms with Gasteiger partial charge < -0.3 is 4.90 Å². The average molecular weight is 388 g/mol. The van der Waals surface area contributed by atoms with Gasteiger partial charge in [0.2, 0.25) is 5.91 Å². The Kier molecular flexibility index (Phi) is 4.78. The molecule has 2 aromatic heterocycles. The van der Waals surface area contributed by atoms with Gasteiger partial charge in [0.25, 0.3) is 6.43 Å². The van der Waals surface area contributed by atoms with E-state index in [9.17, 15) is 18.0 Å². The van der Waals surface area contributed by atoms with E-state index >= 15 is 0 Å². The van der Waals surface area contributed by atoms with Crippen LogP contribution in [0.15, 0.2) is 36.7 Å². The molecule has 0 radical (unpaired) electrons. The Balaban J connectivity index is 1.65. The number of likely N-dealkylation sites (N-methyl/N-ethyl adjacent to an activating group) is 1. The van der Waals surface area contributed by atoms with Crippen LogP contribution in [0.5, 0.6) is 0 Å². The van der Waals surface area contributed by atoms with Gasteiger partial charge in [0, 0.05) is 24.8 Å². The van der Waals surface area contributed by atoms with Crippen LogP contribution in [0.3, 0.4) is 0 Å². The molecule has 0 atom stereocenters. The van der Waals surface area contributed by atoms with Crippen LogP contribution in [0.4, 0.5) is 13.2 Å². The van der Waals surface area contributed by atoms with Gasteiger partial charge >= 0.3 is 0 Å². The molecular formula is C20H19F3N4O.